The third kappa shape index (κ3) is 3.32. The molecule has 5 rings (SSSR count). The van der Waals surface area contributed by atoms with Gasteiger partial charge in [-0.25, -0.2) is 0 Å². The topological polar surface area (TPSA) is 12.0 Å². The predicted molar refractivity (Wildman–Crippen MR) is 136 cm³/mol. The van der Waals surface area contributed by atoms with Crippen molar-refractivity contribution in [3.63, 3.8) is 0 Å². The first kappa shape index (κ1) is 20.8. The van der Waals surface area contributed by atoms with Gasteiger partial charge in [-0.05, 0) is 65.1 Å². The summed E-state index contributed by atoms with van der Waals surface area (Å²) in [5.41, 5.74) is 11.1. The van der Waals surface area contributed by atoms with Crippen LogP contribution in [0.25, 0.3) is 11.1 Å². The van der Waals surface area contributed by atoms with E-state index in [0.717, 1.165) is 32.2 Å². The summed E-state index contributed by atoms with van der Waals surface area (Å²) in [6.07, 6.45) is 10.3. The Kier molecular flexibility index (Phi) is 5.74. The Bertz CT molecular complexity index is 1120. The Morgan fingerprint density at radius 3 is 1.94 bits per heavy atom. The normalized spacial score (nSPS) is 16.1. The zero-order valence-electron chi connectivity index (χ0n) is 19.3. The molecule has 3 aromatic rings. The van der Waals surface area contributed by atoms with Gasteiger partial charge >= 0.3 is 0 Å². The molecule has 1 heteroatoms. The summed E-state index contributed by atoms with van der Waals surface area (Å²) in [4.78, 5) is 0. The van der Waals surface area contributed by atoms with Crippen molar-refractivity contribution < 1.29 is 0 Å². The molecule has 1 nitrogen and oxygen atoms in total. The zero-order valence-corrected chi connectivity index (χ0v) is 19.3. The largest absolute Gasteiger partial charge is 0.388 e. The molecule has 162 valence electrons. The summed E-state index contributed by atoms with van der Waals surface area (Å²) < 4.78 is 0. The summed E-state index contributed by atoms with van der Waals surface area (Å²) in [6.45, 7) is 5.52. The molecule has 3 aromatic carbocycles. The molecule has 2 aliphatic carbocycles. The van der Waals surface area contributed by atoms with Crippen molar-refractivity contribution in [2.75, 3.05) is 6.54 Å². The number of hydrogen-bond donors (Lipinski definition) is 1. The van der Waals surface area contributed by atoms with Gasteiger partial charge in [0.1, 0.15) is 0 Å². The molecule has 0 unspecified atom stereocenters. The summed E-state index contributed by atoms with van der Waals surface area (Å²) >= 11 is 0. The Morgan fingerprint density at radius 1 is 0.719 bits per heavy atom. The van der Waals surface area contributed by atoms with E-state index < -0.39 is 0 Å². The van der Waals surface area contributed by atoms with E-state index in [4.69, 9.17) is 0 Å². The van der Waals surface area contributed by atoms with Crippen molar-refractivity contribution in [2.45, 2.75) is 51.4 Å². The Balaban J connectivity index is 1.73. The number of nitrogens with one attached hydrogen (secondary N) is 1. The van der Waals surface area contributed by atoms with Crippen molar-refractivity contribution in [1.82, 2.24) is 5.32 Å². The smallest absolute Gasteiger partial charge is 0.0676 e. The van der Waals surface area contributed by atoms with Gasteiger partial charge < -0.3 is 5.32 Å². The van der Waals surface area contributed by atoms with Crippen LogP contribution in [0.4, 0.5) is 0 Å². The molecular formula is C31H33N. The van der Waals surface area contributed by atoms with E-state index in [2.05, 4.69) is 104 Å². The highest BCUT2D eigenvalue weighted by Gasteiger charge is 2.47. The molecule has 2 aliphatic rings. The fourth-order valence-corrected chi connectivity index (χ4v) is 5.67. The third-order valence-corrected chi connectivity index (χ3v) is 7.11. The number of rotatable bonds is 7. The summed E-state index contributed by atoms with van der Waals surface area (Å²) in [5.74, 6) is 0. The van der Waals surface area contributed by atoms with Crippen LogP contribution in [0, 0.1) is 0 Å². The highest BCUT2D eigenvalue weighted by molar-refractivity contribution is 5.86. The van der Waals surface area contributed by atoms with Crippen LogP contribution in [0.2, 0.25) is 0 Å². The number of hydrogen-bond acceptors (Lipinski definition) is 1. The summed E-state index contributed by atoms with van der Waals surface area (Å²) in [5, 5.41) is 3.61. The molecule has 0 aliphatic heterocycles. The van der Waals surface area contributed by atoms with Crippen molar-refractivity contribution >= 4 is 0 Å². The molecule has 0 atom stereocenters. The molecule has 0 fully saturated rings. The van der Waals surface area contributed by atoms with Gasteiger partial charge in [0.2, 0.25) is 0 Å². The maximum absolute atomic E-state index is 3.61. The van der Waals surface area contributed by atoms with E-state index >= 15 is 0 Å². The van der Waals surface area contributed by atoms with Crippen molar-refractivity contribution in [3.8, 4) is 11.1 Å². The van der Waals surface area contributed by atoms with E-state index in [1.165, 1.54) is 51.1 Å². The molecule has 0 saturated heterocycles. The fourth-order valence-electron chi connectivity index (χ4n) is 5.67. The SMILES string of the molecule is CCCNC1=CC=C(C2(c3ccc(CCC)cc3)c3ccccc3-c3ccccc32)CC1. The second-order valence-electron chi connectivity index (χ2n) is 9.10. The van der Waals surface area contributed by atoms with E-state index in [9.17, 15) is 0 Å². The zero-order chi connectivity index (χ0) is 22.0. The summed E-state index contributed by atoms with van der Waals surface area (Å²) in [7, 11) is 0. The minimum absolute atomic E-state index is 0.218. The molecule has 32 heavy (non-hydrogen) atoms. The van der Waals surface area contributed by atoms with Gasteiger partial charge in [-0.15, -0.1) is 0 Å². The molecule has 0 saturated carbocycles. The number of allylic oxidation sites excluding steroid dienone is 4. The second kappa shape index (κ2) is 8.82. The van der Waals surface area contributed by atoms with Crippen LogP contribution in [0.3, 0.4) is 0 Å². The first-order valence-electron chi connectivity index (χ1n) is 12.2. The van der Waals surface area contributed by atoms with E-state index in [1.54, 1.807) is 0 Å². The van der Waals surface area contributed by atoms with Gasteiger partial charge in [-0.2, -0.15) is 0 Å². The van der Waals surface area contributed by atoms with Crippen LogP contribution < -0.4 is 5.32 Å². The van der Waals surface area contributed by atoms with Crippen molar-refractivity contribution in [3.05, 3.63) is 118 Å². The maximum atomic E-state index is 3.61. The summed E-state index contributed by atoms with van der Waals surface area (Å²) in [6, 6.07) is 27.5. The van der Waals surface area contributed by atoms with Crippen LogP contribution >= 0.6 is 0 Å². The van der Waals surface area contributed by atoms with Gasteiger partial charge in [0.25, 0.3) is 0 Å². The van der Waals surface area contributed by atoms with Crippen LogP contribution in [-0.4, -0.2) is 6.54 Å². The van der Waals surface area contributed by atoms with Gasteiger partial charge in [0.05, 0.1) is 5.41 Å². The van der Waals surface area contributed by atoms with Gasteiger partial charge in [0.15, 0.2) is 0 Å². The average Bonchev–Trinajstić information content (AvgIpc) is 3.15. The van der Waals surface area contributed by atoms with Crippen LogP contribution in [-0.2, 0) is 11.8 Å². The van der Waals surface area contributed by atoms with E-state index in [-0.39, 0.29) is 5.41 Å². The lowest BCUT2D eigenvalue weighted by Crippen LogP contribution is -2.31. The monoisotopic (exact) mass is 419 g/mol. The average molecular weight is 420 g/mol. The number of aryl methyl sites for hydroxylation is 1. The standard InChI is InChI=1S/C31H33N/c1-3-9-23-14-16-24(17-15-23)31(25-18-20-26(21-19-25)32-22-4-2)29-12-7-5-10-27(29)28-11-6-8-13-30(28)31/h5-8,10-18,20,32H,3-4,9,19,21-22H2,1-2H3. The van der Waals surface area contributed by atoms with Crippen LogP contribution in [0.15, 0.2) is 96.2 Å². The molecule has 0 bridgehead atoms. The molecule has 1 N–H and O–H groups in total. The lowest BCUT2D eigenvalue weighted by molar-refractivity contribution is 0.653. The number of fused-ring (bicyclic) bond motifs is 3. The number of benzene rings is 3. The third-order valence-electron chi connectivity index (χ3n) is 7.11. The molecule has 0 heterocycles. The van der Waals surface area contributed by atoms with E-state index in [1.807, 2.05) is 0 Å². The Morgan fingerprint density at radius 2 is 1.38 bits per heavy atom. The lowest BCUT2D eigenvalue weighted by Gasteiger charge is -2.37. The predicted octanol–water partition coefficient (Wildman–Crippen LogP) is 7.56. The minimum Gasteiger partial charge on any atom is -0.388 e. The van der Waals surface area contributed by atoms with Crippen LogP contribution in [0.1, 0.15) is 61.8 Å². The molecule has 0 amide bonds. The molecular weight excluding hydrogens is 386 g/mol. The first-order chi connectivity index (χ1) is 15.8. The highest BCUT2D eigenvalue weighted by Crippen LogP contribution is 2.57. The molecule has 0 spiro atoms. The Labute approximate surface area is 192 Å². The fraction of sp³-hybridized carbons (Fsp3) is 0.290. The van der Waals surface area contributed by atoms with Gasteiger partial charge in [-0.3, -0.25) is 0 Å². The molecule has 0 radical (unpaired) electrons. The minimum atomic E-state index is -0.218. The second-order valence-corrected chi connectivity index (χ2v) is 9.10. The van der Waals surface area contributed by atoms with Gasteiger partial charge in [0, 0.05) is 12.2 Å². The molecule has 0 aromatic heterocycles. The van der Waals surface area contributed by atoms with E-state index in [0.29, 0.717) is 0 Å². The lowest BCUT2D eigenvalue weighted by atomic mass is 9.65. The van der Waals surface area contributed by atoms with Gasteiger partial charge in [-0.1, -0.05) is 105 Å². The first-order valence-corrected chi connectivity index (χ1v) is 12.2. The maximum Gasteiger partial charge on any atom is 0.0676 e. The highest BCUT2D eigenvalue weighted by atomic mass is 14.9. The Hall–Kier alpha value is -3.06. The van der Waals surface area contributed by atoms with Crippen LogP contribution in [0.5, 0.6) is 0 Å². The van der Waals surface area contributed by atoms with Crippen molar-refractivity contribution in [2.24, 2.45) is 0 Å². The quantitative estimate of drug-likeness (QED) is 0.417. The van der Waals surface area contributed by atoms with Crippen molar-refractivity contribution in [1.29, 1.82) is 0 Å².